The lowest BCUT2D eigenvalue weighted by atomic mass is 10.4. The first-order valence-corrected chi connectivity index (χ1v) is 2.74. The van der Waals surface area contributed by atoms with Gasteiger partial charge in [0.2, 0.25) is 0 Å². The summed E-state index contributed by atoms with van der Waals surface area (Å²) in [6.45, 7) is 0. The van der Waals surface area contributed by atoms with Crippen molar-refractivity contribution in [3.63, 3.8) is 0 Å². The molecule has 0 saturated heterocycles. The molecule has 0 amide bonds. The Morgan fingerprint density at radius 3 is 2.09 bits per heavy atom. The zero-order chi connectivity index (χ0) is 6.85. The van der Waals surface area contributed by atoms with Crippen molar-refractivity contribution in [3.8, 4) is 0 Å². The molecule has 0 radical (unpaired) electrons. The lowest BCUT2D eigenvalue weighted by molar-refractivity contribution is 1.33. The standard InChI is InChI=1S/C5H6ClN3.2ClH/c6-5-1-3(7)4(8)2-9-5;;/h1-2H,8H2,(H2,7,9);2*1H. The number of nitrogen functional groups attached to an aromatic ring is 2. The molecule has 1 heterocycles. The Bertz CT molecular complexity index is 228. The highest BCUT2D eigenvalue weighted by Gasteiger charge is 1.93. The first-order chi connectivity index (χ1) is 4.20. The van der Waals surface area contributed by atoms with Gasteiger partial charge in [0.05, 0.1) is 17.6 Å². The quantitative estimate of drug-likeness (QED) is 0.649. The number of anilines is 2. The third kappa shape index (κ3) is 3.51. The van der Waals surface area contributed by atoms with Crippen molar-refractivity contribution in [2.45, 2.75) is 0 Å². The minimum atomic E-state index is 0. The minimum absolute atomic E-state index is 0. The van der Waals surface area contributed by atoms with Crippen molar-refractivity contribution in [3.05, 3.63) is 17.4 Å². The molecule has 3 nitrogen and oxygen atoms in total. The summed E-state index contributed by atoms with van der Waals surface area (Å²) in [5.41, 5.74) is 11.6. The van der Waals surface area contributed by atoms with Crippen molar-refractivity contribution in [2.75, 3.05) is 11.5 Å². The van der Waals surface area contributed by atoms with Gasteiger partial charge < -0.3 is 11.5 Å². The van der Waals surface area contributed by atoms with Crippen LogP contribution in [0.4, 0.5) is 11.4 Å². The summed E-state index contributed by atoms with van der Waals surface area (Å²) in [6.07, 6.45) is 1.43. The Balaban J connectivity index is 0. The summed E-state index contributed by atoms with van der Waals surface area (Å²) in [5, 5.41) is 0.363. The van der Waals surface area contributed by atoms with Gasteiger partial charge in [-0.25, -0.2) is 4.98 Å². The van der Waals surface area contributed by atoms with Crippen molar-refractivity contribution in [1.29, 1.82) is 0 Å². The van der Waals surface area contributed by atoms with Crippen molar-refractivity contribution in [1.82, 2.24) is 4.98 Å². The van der Waals surface area contributed by atoms with Crippen molar-refractivity contribution in [2.24, 2.45) is 0 Å². The second-order valence-electron chi connectivity index (χ2n) is 1.64. The summed E-state index contributed by atoms with van der Waals surface area (Å²) in [4.78, 5) is 3.70. The fraction of sp³-hybridized carbons (Fsp3) is 0. The third-order valence-electron chi connectivity index (χ3n) is 0.935. The molecule has 0 aromatic carbocycles. The summed E-state index contributed by atoms with van der Waals surface area (Å²) in [6, 6.07) is 1.51. The van der Waals surface area contributed by atoms with Gasteiger partial charge in [-0.3, -0.25) is 0 Å². The van der Waals surface area contributed by atoms with Crippen LogP contribution in [0, 0.1) is 0 Å². The maximum atomic E-state index is 5.47. The number of hydrogen-bond donors (Lipinski definition) is 2. The molecule has 0 aliphatic heterocycles. The Morgan fingerprint density at radius 1 is 1.18 bits per heavy atom. The molecule has 11 heavy (non-hydrogen) atoms. The van der Waals surface area contributed by atoms with Gasteiger partial charge in [0.15, 0.2) is 0 Å². The summed E-state index contributed by atoms with van der Waals surface area (Å²) in [5.74, 6) is 0. The molecule has 64 valence electrons. The van der Waals surface area contributed by atoms with Gasteiger partial charge in [0, 0.05) is 6.07 Å². The third-order valence-corrected chi connectivity index (χ3v) is 1.14. The van der Waals surface area contributed by atoms with Crippen LogP contribution in [0.25, 0.3) is 0 Å². The van der Waals surface area contributed by atoms with Crippen LogP contribution in [0.3, 0.4) is 0 Å². The molecular formula is C5H8Cl3N3. The molecule has 1 aromatic rings. The first-order valence-electron chi connectivity index (χ1n) is 2.36. The Kier molecular flexibility index (Phi) is 6.37. The van der Waals surface area contributed by atoms with E-state index in [-0.39, 0.29) is 24.8 Å². The van der Waals surface area contributed by atoms with E-state index in [1.54, 1.807) is 0 Å². The fourth-order valence-corrected chi connectivity index (χ4v) is 0.621. The summed E-state index contributed by atoms with van der Waals surface area (Å²) in [7, 11) is 0. The topological polar surface area (TPSA) is 64.9 Å². The molecular weight excluding hydrogens is 208 g/mol. The first kappa shape index (κ1) is 13.2. The highest BCUT2D eigenvalue weighted by molar-refractivity contribution is 6.29. The molecule has 0 atom stereocenters. The number of aromatic nitrogens is 1. The van der Waals surface area contributed by atoms with Gasteiger partial charge in [-0.1, -0.05) is 11.6 Å². The van der Waals surface area contributed by atoms with Crippen molar-refractivity contribution >= 4 is 47.8 Å². The molecule has 0 aliphatic carbocycles. The van der Waals surface area contributed by atoms with E-state index in [1.165, 1.54) is 12.3 Å². The van der Waals surface area contributed by atoms with E-state index < -0.39 is 0 Å². The molecule has 0 fully saturated rings. The van der Waals surface area contributed by atoms with Crippen LogP contribution in [0.2, 0.25) is 5.15 Å². The van der Waals surface area contributed by atoms with Gasteiger partial charge in [0.1, 0.15) is 5.15 Å². The Labute approximate surface area is 81.9 Å². The fourth-order valence-electron chi connectivity index (χ4n) is 0.455. The molecule has 4 N–H and O–H groups in total. The predicted molar refractivity (Wildman–Crippen MR) is 52.6 cm³/mol. The number of pyridine rings is 1. The molecule has 1 aromatic heterocycles. The van der Waals surface area contributed by atoms with Crippen LogP contribution >= 0.6 is 36.4 Å². The van der Waals surface area contributed by atoms with E-state index in [1.807, 2.05) is 0 Å². The van der Waals surface area contributed by atoms with Crippen LogP contribution in [0.1, 0.15) is 0 Å². The van der Waals surface area contributed by atoms with E-state index in [0.717, 1.165) is 0 Å². The maximum Gasteiger partial charge on any atom is 0.131 e. The molecule has 0 saturated carbocycles. The zero-order valence-electron chi connectivity index (χ0n) is 5.45. The van der Waals surface area contributed by atoms with E-state index in [4.69, 9.17) is 23.1 Å². The highest BCUT2D eigenvalue weighted by atomic mass is 35.5. The van der Waals surface area contributed by atoms with Gasteiger partial charge in [0.25, 0.3) is 0 Å². The molecule has 6 heteroatoms. The van der Waals surface area contributed by atoms with Crippen molar-refractivity contribution < 1.29 is 0 Å². The average molecular weight is 216 g/mol. The molecule has 0 bridgehead atoms. The second-order valence-corrected chi connectivity index (χ2v) is 2.02. The number of hydrogen-bond acceptors (Lipinski definition) is 3. The van der Waals surface area contributed by atoms with Crippen LogP contribution in [0.5, 0.6) is 0 Å². The SMILES string of the molecule is Cl.Cl.Nc1cnc(Cl)cc1N. The number of nitrogens with zero attached hydrogens (tertiary/aromatic N) is 1. The number of nitrogens with two attached hydrogens (primary N) is 2. The number of halogens is 3. The number of rotatable bonds is 0. The van der Waals surface area contributed by atoms with E-state index in [0.29, 0.717) is 16.5 Å². The van der Waals surface area contributed by atoms with Gasteiger partial charge >= 0.3 is 0 Å². The smallest absolute Gasteiger partial charge is 0.131 e. The van der Waals surface area contributed by atoms with Crippen LogP contribution in [-0.4, -0.2) is 4.98 Å². The average Bonchev–Trinajstić information content (AvgIpc) is 1.80. The summed E-state index contributed by atoms with van der Waals surface area (Å²) >= 11 is 5.47. The van der Waals surface area contributed by atoms with Gasteiger partial charge in [-0.05, 0) is 0 Å². The molecule has 0 unspecified atom stereocenters. The zero-order valence-corrected chi connectivity index (χ0v) is 7.84. The van der Waals surface area contributed by atoms with E-state index >= 15 is 0 Å². The largest absolute Gasteiger partial charge is 0.397 e. The van der Waals surface area contributed by atoms with Gasteiger partial charge in [-0.2, -0.15) is 0 Å². The Hall–Kier alpha value is -0.380. The molecule has 0 aliphatic rings. The summed E-state index contributed by atoms with van der Waals surface area (Å²) < 4.78 is 0. The molecule has 1 rings (SSSR count). The highest BCUT2D eigenvalue weighted by Crippen LogP contribution is 2.15. The lowest BCUT2D eigenvalue weighted by Crippen LogP contribution is -1.94. The van der Waals surface area contributed by atoms with E-state index in [9.17, 15) is 0 Å². The van der Waals surface area contributed by atoms with E-state index in [2.05, 4.69) is 4.98 Å². The maximum absolute atomic E-state index is 5.47. The Morgan fingerprint density at radius 2 is 1.73 bits per heavy atom. The molecule has 0 spiro atoms. The monoisotopic (exact) mass is 215 g/mol. The van der Waals surface area contributed by atoms with Crippen LogP contribution < -0.4 is 11.5 Å². The normalized spacial score (nSPS) is 7.73. The predicted octanol–water partition coefficient (Wildman–Crippen LogP) is 1.74. The van der Waals surface area contributed by atoms with Crippen LogP contribution in [0.15, 0.2) is 12.3 Å². The van der Waals surface area contributed by atoms with Crippen LogP contribution in [-0.2, 0) is 0 Å². The second kappa shape index (κ2) is 5.29. The van der Waals surface area contributed by atoms with Gasteiger partial charge in [-0.15, -0.1) is 24.8 Å². The lowest BCUT2D eigenvalue weighted by Gasteiger charge is -1.96. The minimum Gasteiger partial charge on any atom is -0.397 e.